The number of ether oxygens (including phenoxy) is 1. The van der Waals surface area contributed by atoms with Crippen LogP contribution in [0.2, 0.25) is 0 Å². The second-order valence-electron chi connectivity index (χ2n) is 5.02. The highest BCUT2D eigenvalue weighted by Crippen LogP contribution is 2.65. The van der Waals surface area contributed by atoms with E-state index in [0.29, 0.717) is 17.4 Å². The summed E-state index contributed by atoms with van der Waals surface area (Å²) in [4.78, 5) is 35.5. The van der Waals surface area contributed by atoms with Gasteiger partial charge in [-0.15, -0.1) is 0 Å². The van der Waals surface area contributed by atoms with Crippen LogP contribution in [0.5, 0.6) is 0 Å². The van der Waals surface area contributed by atoms with Crippen molar-refractivity contribution in [3.05, 3.63) is 35.4 Å². The van der Waals surface area contributed by atoms with Crippen LogP contribution < -0.4 is 0 Å². The van der Waals surface area contributed by atoms with Gasteiger partial charge in [0.15, 0.2) is 0 Å². The van der Waals surface area contributed by atoms with Gasteiger partial charge in [-0.2, -0.15) is 5.26 Å². The molecule has 0 amide bonds. The third kappa shape index (κ3) is 2.13. The van der Waals surface area contributed by atoms with E-state index in [1.165, 1.54) is 6.92 Å². The molecule has 108 valence electrons. The summed E-state index contributed by atoms with van der Waals surface area (Å²) in [6.07, 6.45) is 0.640. The van der Waals surface area contributed by atoms with Gasteiger partial charge in [0.05, 0.1) is 18.2 Å². The van der Waals surface area contributed by atoms with E-state index in [-0.39, 0.29) is 12.4 Å². The highest BCUT2D eigenvalue weighted by atomic mass is 16.5. The molecule has 3 atom stereocenters. The molecule has 5 heteroatoms. The van der Waals surface area contributed by atoms with Gasteiger partial charge >= 0.3 is 5.97 Å². The SMILES string of the molecule is CCOC(=O)[C@@]1(C(C)=O)[C@H](C=O)[C@H]1c1ccc(C#N)cc1. The molecule has 21 heavy (non-hydrogen) atoms. The first-order chi connectivity index (χ1) is 10.0. The van der Waals surface area contributed by atoms with E-state index in [0.717, 1.165) is 0 Å². The number of hydrogen-bond acceptors (Lipinski definition) is 5. The topological polar surface area (TPSA) is 84.2 Å². The van der Waals surface area contributed by atoms with Crippen LogP contribution in [-0.4, -0.2) is 24.6 Å². The molecule has 0 unspecified atom stereocenters. The summed E-state index contributed by atoms with van der Waals surface area (Å²) in [5.74, 6) is -2.24. The molecular formula is C16H15NO4. The first-order valence-electron chi connectivity index (χ1n) is 6.67. The number of nitriles is 1. The predicted molar refractivity (Wildman–Crippen MR) is 73.2 cm³/mol. The molecule has 1 aliphatic rings. The Morgan fingerprint density at radius 3 is 2.43 bits per heavy atom. The highest BCUT2D eigenvalue weighted by molar-refractivity contribution is 6.11. The number of Topliss-reactive ketones (excluding diaryl/α,β-unsaturated/α-hetero) is 1. The van der Waals surface area contributed by atoms with Crippen molar-refractivity contribution in [1.82, 2.24) is 0 Å². The molecule has 0 heterocycles. The van der Waals surface area contributed by atoms with Crippen LogP contribution in [0.1, 0.15) is 30.9 Å². The molecule has 1 aromatic carbocycles. The van der Waals surface area contributed by atoms with Crippen molar-refractivity contribution in [2.45, 2.75) is 19.8 Å². The number of carbonyl (C=O) groups excluding carboxylic acids is 3. The summed E-state index contributed by atoms with van der Waals surface area (Å²) in [5, 5.41) is 8.80. The summed E-state index contributed by atoms with van der Waals surface area (Å²) in [6, 6.07) is 8.54. The van der Waals surface area contributed by atoms with Crippen LogP contribution in [0.3, 0.4) is 0 Å². The number of rotatable bonds is 5. The Morgan fingerprint density at radius 1 is 1.38 bits per heavy atom. The summed E-state index contributed by atoms with van der Waals surface area (Å²) < 4.78 is 4.99. The second kappa shape index (κ2) is 5.49. The lowest BCUT2D eigenvalue weighted by molar-refractivity contribution is -0.154. The monoisotopic (exact) mass is 285 g/mol. The molecule has 0 radical (unpaired) electrons. The van der Waals surface area contributed by atoms with E-state index in [2.05, 4.69) is 0 Å². The second-order valence-corrected chi connectivity index (χ2v) is 5.02. The van der Waals surface area contributed by atoms with E-state index in [9.17, 15) is 14.4 Å². The van der Waals surface area contributed by atoms with Crippen molar-refractivity contribution in [1.29, 1.82) is 5.26 Å². The average Bonchev–Trinajstić information content (AvgIpc) is 3.18. The fourth-order valence-corrected chi connectivity index (χ4v) is 2.95. The minimum Gasteiger partial charge on any atom is -0.465 e. The summed E-state index contributed by atoms with van der Waals surface area (Å²) in [6.45, 7) is 3.11. The third-order valence-corrected chi connectivity index (χ3v) is 4.01. The van der Waals surface area contributed by atoms with Crippen molar-refractivity contribution < 1.29 is 19.1 Å². The third-order valence-electron chi connectivity index (χ3n) is 4.01. The van der Waals surface area contributed by atoms with Gasteiger partial charge in [-0.3, -0.25) is 9.59 Å². The smallest absolute Gasteiger partial charge is 0.321 e. The minimum absolute atomic E-state index is 0.152. The van der Waals surface area contributed by atoms with Crippen molar-refractivity contribution in [2.24, 2.45) is 11.3 Å². The number of aldehydes is 1. The molecule has 1 aliphatic carbocycles. The predicted octanol–water partition coefficient (Wildman–Crippen LogP) is 1.61. The summed E-state index contributed by atoms with van der Waals surface area (Å²) in [7, 11) is 0. The number of benzene rings is 1. The molecule has 1 fully saturated rings. The van der Waals surface area contributed by atoms with Gasteiger partial charge in [0.25, 0.3) is 0 Å². The Kier molecular flexibility index (Phi) is 3.90. The molecular weight excluding hydrogens is 270 g/mol. The maximum atomic E-state index is 12.2. The summed E-state index contributed by atoms with van der Waals surface area (Å²) >= 11 is 0. The van der Waals surface area contributed by atoms with Gasteiger partial charge in [-0.25, -0.2) is 0 Å². The van der Waals surface area contributed by atoms with Crippen LogP contribution in [-0.2, 0) is 19.1 Å². The maximum absolute atomic E-state index is 12.2. The number of nitrogens with zero attached hydrogens (tertiary/aromatic N) is 1. The fraction of sp³-hybridized carbons (Fsp3) is 0.375. The van der Waals surface area contributed by atoms with Crippen molar-refractivity contribution >= 4 is 18.0 Å². The van der Waals surface area contributed by atoms with Gasteiger partial charge in [-0.05, 0) is 31.5 Å². The minimum atomic E-state index is -1.41. The first-order valence-corrected chi connectivity index (χ1v) is 6.67. The first kappa shape index (κ1) is 14.9. The van der Waals surface area contributed by atoms with Crippen LogP contribution >= 0.6 is 0 Å². The number of carbonyl (C=O) groups is 3. The highest BCUT2D eigenvalue weighted by Gasteiger charge is 2.74. The Bertz CT molecular complexity index is 629. The fourth-order valence-electron chi connectivity index (χ4n) is 2.95. The lowest BCUT2D eigenvalue weighted by Crippen LogP contribution is -2.30. The van der Waals surface area contributed by atoms with Crippen LogP contribution in [0.15, 0.2) is 24.3 Å². The van der Waals surface area contributed by atoms with E-state index in [4.69, 9.17) is 10.00 Å². The number of hydrogen-bond donors (Lipinski definition) is 0. The molecule has 0 N–H and O–H groups in total. The van der Waals surface area contributed by atoms with Gasteiger partial charge < -0.3 is 9.53 Å². The lowest BCUT2D eigenvalue weighted by Gasteiger charge is -2.12. The van der Waals surface area contributed by atoms with E-state index < -0.39 is 23.2 Å². The van der Waals surface area contributed by atoms with Crippen molar-refractivity contribution in [2.75, 3.05) is 6.61 Å². The molecule has 2 rings (SSSR count). The molecule has 0 spiro atoms. The standard InChI is InChI=1S/C16H15NO4/c1-3-21-15(20)16(10(2)19)13(9-18)14(16)12-6-4-11(8-17)5-7-12/h4-7,9,13-14H,3H2,1-2H3/t13-,14-,16+/m1/s1. The molecule has 1 saturated carbocycles. The molecule has 1 aromatic rings. The van der Waals surface area contributed by atoms with Crippen LogP contribution in [0.25, 0.3) is 0 Å². The van der Waals surface area contributed by atoms with Crippen molar-refractivity contribution in [3.63, 3.8) is 0 Å². The largest absolute Gasteiger partial charge is 0.465 e. The molecule has 5 nitrogen and oxygen atoms in total. The maximum Gasteiger partial charge on any atom is 0.321 e. The van der Waals surface area contributed by atoms with E-state index >= 15 is 0 Å². The lowest BCUT2D eigenvalue weighted by atomic mass is 9.94. The molecule has 0 saturated heterocycles. The normalized spacial score (nSPS) is 26.5. The Labute approximate surface area is 122 Å². The van der Waals surface area contributed by atoms with Gasteiger partial charge in [-0.1, -0.05) is 12.1 Å². The molecule has 0 aliphatic heterocycles. The van der Waals surface area contributed by atoms with Crippen LogP contribution in [0.4, 0.5) is 0 Å². The molecule has 0 aromatic heterocycles. The number of ketones is 1. The quantitative estimate of drug-likeness (QED) is 0.466. The summed E-state index contributed by atoms with van der Waals surface area (Å²) in [5.41, 5.74) is -0.243. The van der Waals surface area contributed by atoms with E-state index in [1.54, 1.807) is 31.2 Å². The van der Waals surface area contributed by atoms with Gasteiger partial charge in [0, 0.05) is 11.8 Å². The van der Waals surface area contributed by atoms with Gasteiger partial charge in [0.2, 0.25) is 0 Å². The number of esters is 1. The zero-order valence-electron chi connectivity index (χ0n) is 11.8. The zero-order chi connectivity index (χ0) is 15.6. The van der Waals surface area contributed by atoms with Crippen LogP contribution in [0, 0.1) is 22.7 Å². The van der Waals surface area contributed by atoms with Crippen molar-refractivity contribution in [3.8, 4) is 6.07 Å². The average molecular weight is 285 g/mol. The zero-order valence-corrected chi connectivity index (χ0v) is 11.8. The Balaban J connectivity index is 2.42. The Hall–Kier alpha value is -2.48. The van der Waals surface area contributed by atoms with E-state index in [1.807, 2.05) is 6.07 Å². The molecule has 0 bridgehead atoms. The Morgan fingerprint density at radius 2 is 2.00 bits per heavy atom. The van der Waals surface area contributed by atoms with Gasteiger partial charge in [0.1, 0.15) is 17.5 Å².